The van der Waals surface area contributed by atoms with E-state index in [0.29, 0.717) is 11.4 Å². The van der Waals surface area contributed by atoms with Gasteiger partial charge in [-0.15, -0.1) is 0 Å². The van der Waals surface area contributed by atoms with Crippen LogP contribution in [-0.4, -0.2) is 33.2 Å². The number of ether oxygens (including phenoxy) is 1. The van der Waals surface area contributed by atoms with E-state index in [1.54, 1.807) is 45.3 Å². The highest BCUT2D eigenvalue weighted by atomic mass is 79.9. The van der Waals surface area contributed by atoms with E-state index in [2.05, 4.69) is 51.7 Å². The Kier molecular flexibility index (Phi) is 8.00. The van der Waals surface area contributed by atoms with E-state index in [-0.39, 0.29) is 17.5 Å². The van der Waals surface area contributed by atoms with Crippen molar-refractivity contribution in [2.45, 2.75) is 59.0 Å². The summed E-state index contributed by atoms with van der Waals surface area (Å²) in [5.41, 5.74) is 2.50. The minimum absolute atomic E-state index is 0.0278. The van der Waals surface area contributed by atoms with E-state index >= 15 is 0 Å². The maximum atomic E-state index is 12.9. The summed E-state index contributed by atoms with van der Waals surface area (Å²) in [6.45, 7) is 11.7. The van der Waals surface area contributed by atoms with Crippen molar-refractivity contribution < 1.29 is 14.3 Å². The molecule has 1 aromatic heterocycles. The number of rotatable bonds is 5. The van der Waals surface area contributed by atoms with Crippen molar-refractivity contribution in [3.63, 3.8) is 0 Å². The summed E-state index contributed by atoms with van der Waals surface area (Å²) in [5, 5.41) is 0. The van der Waals surface area contributed by atoms with Crippen LogP contribution in [0.25, 0.3) is 11.4 Å². The Morgan fingerprint density at radius 2 is 1.46 bits per heavy atom. The number of halogens is 1. The van der Waals surface area contributed by atoms with E-state index in [9.17, 15) is 9.59 Å². The van der Waals surface area contributed by atoms with E-state index in [4.69, 9.17) is 4.74 Å². The third-order valence-corrected chi connectivity index (χ3v) is 5.48. The van der Waals surface area contributed by atoms with Crippen molar-refractivity contribution in [2.75, 3.05) is 0 Å². The summed E-state index contributed by atoms with van der Waals surface area (Å²) in [5.74, 6) is -0.502. The van der Waals surface area contributed by atoms with Crippen LogP contribution < -0.4 is 0 Å². The Morgan fingerprint density at radius 3 is 1.97 bits per heavy atom. The zero-order valence-corrected chi connectivity index (χ0v) is 22.5. The van der Waals surface area contributed by atoms with Crippen LogP contribution in [-0.2, 0) is 21.4 Å². The predicted molar refractivity (Wildman–Crippen MR) is 142 cm³/mol. The van der Waals surface area contributed by atoms with E-state index in [1.807, 2.05) is 36.4 Å². The van der Waals surface area contributed by atoms with Gasteiger partial charge >= 0.3 is 5.97 Å². The number of hydrogen-bond donors (Lipinski definition) is 0. The predicted octanol–water partition coefficient (Wildman–Crippen LogP) is 6.37. The van der Waals surface area contributed by atoms with Gasteiger partial charge in [-0.3, -0.25) is 4.79 Å². The minimum atomic E-state index is -0.710. The molecule has 0 aliphatic rings. The van der Waals surface area contributed by atoms with Gasteiger partial charge in [0.05, 0.1) is 4.47 Å². The molecule has 0 N–H and O–H groups in total. The van der Waals surface area contributed by atoms with Crippen molar-refractivity contribution in [3.05, 3.63) is 82.1 Å². The van der Waals surface area contributed by atoms with Gasteiger partial charge in [-0.1, -0.05) is 57.2 Å². The average Bonchev–Trinajstić information content (AvgIpc) is 2.78. The normalized spacial score (nSPS) is 12.4. The molecule has 0 atom stereocenters. The quantitative estimate of drug-likeness (QED) is 0.280. The third-order valence-electron chi connectivity index (χ3n) is 5.07. The number of benzene rings is 2. The molecule has 3 aromatic rings. The molecule has 0 saturated carbocycles. The largest absolute Gasteiger partial charge is 0.455 e. The molecule has 0 radical (unpaired) electrons. The fourth-order valence-corrected chi connectivity index (χ4v) is 3.43. The molecule has 0 aliphatic heterocycles. The minimum Gasteiger partial charge on any atom is -0.455 e. The van der Waals surface area contributed by atoms with Crippen LogP contribution in [0.2, 0.25) is 0 Å². The molecule has 1 amide bonds. The van der Waals surface area contributed by atoms with Crippen molar-refractivity contribution in [1.29, 1.82) is 0 Å². The van der Waals surface area contributed by atoms with Crippen LogP contribution in [0.1, 0.15) is 63.0 Å². The summed E-state index contributed by atoms with van der Waals surface area (Å²) in [6.07, 6.45) is 3.52. The van der Waals surface area contributed by atoms with Crippen LogP contribution in [0.5, 0.6) is 0 Å². The Hall–Kier alpha value is -3.19. The molecule has 0 spiro atoms. The van der Waals surface area contributed by atoms with Crippen LogP contribution in [0.3, 0.4) is 0 Å². The molecule has 0 unspecified atom stereocenters. The maximum Gasteiger partial charge on any atom is 0.353 e. The summed E-state index contributed by atoms with van der Waals surface area (Å²) in [4.78, 5) is 38.6. The molecule has 0 fully saturated rings. The first-order valence-corrected chi connectivity index (χ1v) is 12.1. The lowest BCUT2D eigenvalue weighted by Crippen LogP contribution is -2.30. The van der Waals surface area contributed by atoms with E-state index in [1.165, 1.54) is 0 Å². The molecule has 35 heavy (non-hydrogen) atoms. The highest BCUT2D eigenvalue weighted by molar-refractivity contribution is 9.10. The summed E-state index contributed by atoms with van der Waals surface area (Å²) in [6, 6.07) is 14.8. The summed E-state index contributed by atoms with van der Waals surface area (Å²) >= 11 is 3.33. The number of carbonyl (C=O) groups excluding carboxylic acids is 2. The highest BCUT2D eigenvalue weighted by Crippen LogP contribution is 2.23. The van der Waals surface area contributed by atoms with Gasteiger partial charge in [0.15, 0.2) is 5.82 Å². The molecule has 0 aliphatic carbocycles. The van der Waals surface area contributed by atoms with Gasteiger partial charge in [-0.25, -0.2) is 19.8 Å². The van der Waals surface area contributed by atoms with Crippen molar-refractivity contribution in [1.82, 2.24) is 9.97 Å². The van der Waals surface area contributed by atoms with Crippen molar-refractivity contribution in [2.24, 2.45) is 4.99 Å². The molecule has 6 nitrogen and oxygen atoms in total. The number of esters is 1. The number of amides is 1. The van der Waals surface area contributed by atoms with E-state index in [0.717, 1.165) is 21.2 Å². The molecule has 0 bridgehead atoms. The topological polar surface area (TPSA) is 81.5 Å². The number of carbonyl (C=O) groups is 2. The number of nitrogens with zero attached hydrogens (tertiary/aromatic N) is 3. The first-order valence-electron chi connectivity index (χ1n) is 11.3. The molecule has 182 valence electrons. The Morgan fingerprint density at radius 1 is 0.886 bits per heavy atom. The molecule has 7 heteroatoms. The zero-order chi connectivity index (χ0) is 25.8. The van der Waals surface area contributed by atoms with Gasteiger partial charge in [0.2, 0.25) is 0 Å². The van der Waals surface area contributed by atoms with Crippen LogP contribution in [0.4, 0.5) is 0 Å². The molecule has 3 rings (SSSR count). The van der Waals surface area contributed by atoms with Gasteiger partial charge < -0.3 is 4.74 Å². The summed E-state index contributed by atoms with van der Waals surface area (Å²) in [7, 11) is 0. The first kappa shape index (κ1) is 26.4. The maximum absolute atomic E-state index is 12.9. The van der Waals surface area contributed by atoms with E-state index < -0.39 is 17.5 Å². The van der Waals surface area contributed by atoms with Crippen molar-refractivity contribution >= 4 is 33.5 Å². The average molecular weight is 536 g/mol. The van der Waals surface area contributed by atoms with Gasteiger partial charge in [-0.2, -0.15) is 0 Å². The molecule has 2 aromatic carbocycles. The second-order valence-electron chi connectivity index (χ2n) is 10.3. The molecule has 0 saturated heterocycles. The first-order chi connectivity index (χ1) is 16.3. The Labute approximate surface area is 215 Å². The Bertz CT molecular complexity index is 1220. The lowest BCUT2D eigenvalue weighted by Gasteiger charge is -2.20. The fourth-order valence-electron chi connectivity index (χ4n) is 3.22. The van der Waals surface area contributed by atoms with Gasteiger partial charge in [0, 0.05) is 29.9 Å². The number of hydrogen-bond acceptors (Lipinski definition) is 5. The second-order valence-corrected chi connectivity index (χ2v) is 11.2. The van der Waals surface area contributed by atoms with Crippen LogP contribution in [0, 0.1) is 0 Å². The number of aliphatic imine (C=N–C) groups is 1. The van der Waals surface area contributed by atoms with Gasteiger partial charge in [0.1, 0.15) is 11.3 Å². The smallest absolute Gasteiger partial charge is 0.353 e. The standard InChI is InChI=1S/C28H30BrN3O3/c1-27(2,3)21-13-11-20(12-14-21)25(33)32-23(26(34)35-28(4,5)6)15-18-7-9-19(10-8-18)24-30-16-22(29)17-31-24/h7-14,16-17H,15H2,1-6H3. The Balaban J connectivity index is 1.86. The zero-order valence-electron chi connectivity index (χ0n) is 20.9. The monoisotopic (exact) mass is 535 g/mol. The SMILES string of the molecule is CC(C)(C)OC(=O)C(Cc1ccc(-c2ncc(Br)cn2)cc1)=NC(=O)c1ccc(C(C)(C)C)cc1. The lowest BCUT2D eigenvalue weighted by atomic mass is 9.87. The molecule has 1 heterocycles. The van der Waals surface area contributed by atoms with Gasteiger partial charge in [-0.05, 0) is 65.4 Å². The van der Waals surface area contributed by atoms with Crippen LogP contribution in [0.15, 0.2) is 70.4 Å². The number of aromatic nitrogens is 2. The third kappa shape index (κ3) is 7.65. The highest BCUT2D eigenvalue weighted by Gasteiger charge is 2.23. The summed E-state index contributed by atoms with van der Waals surface area (Å²) < 4.78 is 6.33. The fraction of sp³-hybridized carbons (Fsp3) is 0.321. The second kappa shape index (κ2) is 10.6. The molecular weight excluding hydrogens is 506 g/mol. The lowest BCUT2D eigenvalue weighted by molar-refractivity contribution is -0.146. The van der Waals surface area contributed by atoms with Crippen molar-refractivity contribution in [3.8, 4) is 11.4 Å². The van der Waals surface area contributed by atoms with Crippen LogP contribution >= 0.6 is 15.9 Å². The molecular formula is C28H30BrN3O3. The van der Waals surface area contributed by atoms with Gasteiger partial charge in [0.25, 0.3) is 5.91 Å².